The zero-order valence-corrected chi connectivity index (χ0v) is 11.5. The van der Waals surface area contributed by atoms with Crippen molar-refractivity contribution in [3.63, 3.8) is 0 Å². The van der Waals surface area contributed by atoms with Gasteiger partial charge >= 0.3 is 6.01 Å². The Morgan fingerprint density at radius 2 is 2.20 bits per heavy atom. The van der Waals surface area contributed by atoms with Crippen LogP contribution in [0.3, 0.4) is 0 Å². The van der Waals surface area contributed by atoms with Crippen LogP contribution >= 0.6 is 0 Å². The van der Waals surface area contributed by atoms with Crippen LogP contribution in [0.15, 0.2) is 18.5 Å². The Morgan fingerprint density at radius 1 is 1.35 bits per heavy atom. The van der Waals surface area contributed by atoms with Crippen molar-refractivity contribution in [1.82, 2.24) is 14.9 Å². The lowest BCUT2D eigenvalue weighted by Crippen LogP contribution is -2.51. The second kappa shape index (κ2) is 6.47. The molecular formula is C14H21N3O3. The van der Waals surface area contributed by atoms with Gasteiger partial charge in [0.15, 0.2) is 0 Å². The lowest BCUT2D eigenvalue weighted by Gasteiger charge is -2.38. The number of β-amino-alcohol motifs (C(OH)–C–C–N with tert-alkyl or cyclic N) is 1. The summed E-state index contributed by atoms with van der Waals surface area (Å²) in [6.45, 7) is 3.19. The molecule has 1 saturated heterocycles. The van der Waals surface area contributed by atoms with Crippen LogP contribution in [-0.4, -0.2) is 65.0 Å². The molecule has 1 aromatic heterocycles. The van der Waals surface area contributed by atoms with Gasteiger partial charge in [0.2, 0.25) is 0 Å². The number of nitrogens with zero attached hydrogens (tertiary/aromatic N) is 3. The standard InChI is InChI=1S/C14H21N3O3/c18-8-6-17-7-9-19-13-11(2-3-12(13)17)10-20-14-15-4-1-5-16-14/h1,4-5,11-13,18H,2-3,6-10H2/t11-,12+,13-/m1/s1. The van der Waals surface area contributed by atoms with E-state index in [0.717, 1.165) is 32.5 Å². The van der Waals surface area contributed by atoms with Crippen LogP contribution < -0.4 is 4.74 Å². The molecule has 0 spiro atoms. The van der Waals surface area contributed by atoms with Crippen molar-refractivity contribution in [3.05, 3.63) is 18.5 Å². The van der Waals surface area contributed by atoms with E-state index in [1.807, 2.05) is 0 Å². The van der Waals surface area contributed by atoms with E-state index in [1.54, 1.807) is 18.5 Å². The fourth-order valence-corrected chi connectivity index (χ4v) is 3.26. The van der Waals surface area contributed by atoms with Crippen molar-refractivity contribution >= 4 is 0 Å². The van der Waals surface area contributed by atoms with E-state index in [-0.39, 0.29) is 12.7 Å². The van der Waals surface area contributed by atoms with Crippen molar-refractivity contribution < 1.29 is 14.6 Å². The van der Waals surface area contributed by atoms with Gasteiger partial charge in [-0.25, -0.2) is 9.97 Å². The molecule has 6 heteroatoms. The minimum atomic E-state index is 0.207. The molecule has 2 fully saturated rings. The number of morpholine rings is 1. The van der Waals surface area contributed by atoms with Crippen molar-refractivity contribution in [2.24, 2.45) is 5.92 Å². The van der Waals surface area contributed by atoms with Crippen LogP contribution in [0.25, 0.3) is 0 Å². The number of fused-ring (bicyclic) bond motifs is 1. The quantitative estimate of drug-likeness (QED) is 0.837. The van der Waals surface area contributed by atoms with Gasteiger partial charge in [-0.15, -0.1) is 0 Å². The largest absolute Gasteiger partial charge is 0.463 e. The number of aliphatic hydroxyl groups excluding tert-OH is 1. The highest BCUT2D eigenvalue weighted by Crippen LogP contribution is 2.34. The van der Waals surface area contributed by atoms with Crippen molar-refractivity contribution in [2.45, 2.75) is 25.0 Å². The smallest absolute Gasteiger partial charge is 0.316 e. The molecule has 0 unspecified atom stereocenters. The van der Waals surface area contributed by atoms with E-state index in [1.165, 1.54) is 0 Å². The molecule has 1 N–H and O–H groups in total. The zero-order chi connectivity index (χ0) is 13.8. The second-order valence-electron chi connectivity index (χ2n) is 5.34. The second-order valence-corrected chi connectivity index (χ2v) is 5.34. The van der Waals surface area contributed by atoms with Gasteiger partial charge in [0, 0.05) is 37.4 Å². The fourth-order valence-electron chi connectivity index (χ4n) is 3.26. The molecule has 20 heavy (non-hydrogen) atoms. The molecule has 0 aromatic carbocycles. The minimum absolute atomic E-state index is 0.207. The molecule has 6 nitrogen and oxygen atoms in total. The summed E-state index contributed by atoms with van der Waals surface area (Å²) in [4.78, 5) is 10.5. The molecule has 0 amide bonds. The maximum Gasteiger partial charge on any atom is 0.316 e. The summed E-state index contributed by atoms with van der Waals surface area (Å²) in [7, 11) is 0. The first-order valence-electron chi connectivity index (χ1n) is 7.25. The van der Waals surface area contributed by atoms with Crippen molar-refractivity contribution in [1.29, 1.82) is 0 Å². The van der Waals surface area contributed by atoms with Crippen LogP contribution in [0.4, 0.5) is 0 Å². The van der Waals surface area contributed by atoms with Crippen LogP contribution in [0.5, 0.6) is 6.01 Å². The van der Waals surface area contributed by atoms with E-state index in [2.05, 4.69) is 14.9 Å². The molecule has 1 aliphatic heterocycles. The molecule has 1 aliphatic carbocycles. The number of rotatable bonds is 5. The highest BCUT2D eigenvalue weighted by molar-refractivity contribution is 4.97. The summed E-state index contributed by atoms with van der Waals surface area (Å²) in [6.07, 6.45) is 5.76. The molecule has 3 atom stereocenters. The first-order chi connectivity index (χ1) is 9.88. The van der Waals surface area contributed by atoms with Crippen molar-refractivity contribution in [3.8, 4) is 6.01 Å². The summed E-state index contributed by atoms with van der Waals surface area (Å²) < 4.78 is 11.6. The lowest BCUT2D eigenvalue weighted by molar-refractivity contribution is -0.0818. The predicted octanol–water partition coefficient (Wildman–Crippen LogP) is 0.327. The third-order valence-electron chi connectivity index (χ3n) is 4.19. The average molecular weight is 279 g/mol. The Balaban J connectivity index is 1.56. The molecule has 3 rings (SSSR count). The molecule has 2 heterocycles. The van der Waals surface area contributed by atoms with Gasteiger partial charge in [-0.05, 0) is 18.9 Å². The first kappa shape index (κ1) is 13.7. The van der Waals surface area contributed by atoms with Crippen LogP contribution in [-0.2, 0) is 4.74 Å². The maximum absolute atomic E-state index is 9.13. The minimum Gasteiger partial charge on any atom is -0.463 e. The molecule has 2 aliphatic rings. The fraction of sp³-hybridized carbons (Fsp3) is 0.714. The number of aliphatic hydroxyl groups is 1. The Hall–Kier alpha value is -1.24. The topological polar surface area (TPSA) is 67.7 Å². The summed E-state index contributed by atoms with van der Waals surface area (Å²) >= 11 is 0. The highest BCUT2D eigenvalue weighted by atomic mass is 16.5. The Morgan fingerprint density at radius 3 is 3.00 bits per heavy atom. The average Bonchev–Trinajstić information content (AvgIpc) is 2.91. The molecule has 110 valence electrons. The Kier molecular flexibility index (Phi) is 4.44. The number of aromatic nitrogens is 2. The zero-order valence-electron chi connectivity index (χ0n) is 11.5. The monoisotopic (exact) mass is 279 g/mol. The summed E-state index contributed by atoms with van der Waals surface area (Å²) in [6, 6.07) is 2.62. The molecular weight excluding hydrogens is 258 g/mol. The van der Waals surface area contributed by atoms with Gasteiger partial charge in [0.25, 0.3) is 0 Å². The van der Waals surface area contributed by atoms with Crippen molar-refractivity contribution in [2.75, 3.05) is 32.9 Å². The van der Waals surface area contributed by atoms with E-state index < -0.39 is 0 Å². The SMILES string of the molecule is OCCN1CCO[C@@H]2[C@@H](COc3ncccn3)CC[C@@H]21. The molecule has 1 saturated carbocycles. The number of ether oxygens (including phenoxy) is 2. The van der Waals surface area contributed by atoms with Gasteiger partial charge < -0.3 is 14.6 Å². The van der Waals surface area contributed by atoms with E-state index in [4.69, 9.17) is 14.6 Å². The van der Waals surface area contributed by atoms with Gasteiger partial charge in [0.1, 0.15) is 0 Å². The third-order valence-corrected chi connectivity index (χ3v) is 4.19. The Bertz CT molecular complexity index is 415. The van der Waals surface area contributed by atoms with E-state index in [9.17, 15) is 0 Å². The molecule has 0 bridgehead atoms. The lowest BCUT2D eigenvalue weighted by atomic mass is 10.0. The van der Waals surface area contributed by atoms with E-state index in [0.29, 0.717) is 24.6 Å². The molecule has 1 aromatic rings. The van der Waals surface area contributed by atoms with Crippen LogP contribution in [0.2, 0.25) is 0 Å². The van der Waals surface area contributed by atoms with Gasteiger partial charge in [0.05, 0.1) is 25.9 Å². The number of hydrogen-bond donors (Lipinski definition) is 1. The number of hydrogen-bond acceptors (Lipinski definition) is 6. The summed E-state index contributed by atoms with van der Waals surface area (Å²) in [5.74, 6) is 0.380. The third kappa shape index (κ3) is 2.92. The highest BCUT2D eigenvalue weighted by Gasteiger charge is 2.42. The Labute approximate surface area is 118 Å². The first-order valence-corrected chi connectivity index (χ1v) is 7.25. The predicted molar refractivity (Wildman–Crippen MR) is 72.4 cm³/mol. The van der Waals surface area contributed by atoms with Gasteiger partial charge in [-0.1, -0.05) is 0 Å². The van der Waals surface area contributed by atoms with Gasteiger partial charge in [-0.3, -0.25) is 4.90 Å². The normalized spacial score (nSPS) is 30.1. The van der Waals surface area contributed by atoms with Crippen LogP contribution in [0, 0.1) is 5.92 Å². The summed E-state index contributed by atoms with van der Waals surface area (Å²) in [5, 5.41) is 9.13. The van der Waals surface area contributed by atoms with Crippen LogP contribution in [0.1, 0.15) is 12.8 Å². The maximum atomic E-state index is 9.13. The van der Waals surface area contributed by atoms with E-state index >= 15 is 0 Å². The molecule has 0 radical (unpaired) electrons. The van der Waals surface area contributed by atoms with Gasteiger partial charge in [-0.2, -0.15) is 0 Å². The summed E-state index contributed by atoms with van der Waals surface area (Å²) in [5.41, 5.74) is 0.